The normalized spacial score (nSPS) is 18.1. The van der Waals surface area contributed by atoms with E-state index in [-0.39, 0.29) is 18.0 Å². The third kappa shape index (κ3) is 2.69. The third-order valence-corrected chi connectivity index (χ3v) is 3.46. The molecule has 112 valence electrons. The van der Waals surface area contributed by atoms with Crippen LogP contribution in [0.5, 0.6) is 0 Å². The monoisotopic (exact) mass is 292 g/mol. The zero-order chi connectivity index (χ0) is 14.8. The van der Waals surface area contributed by atoms with Gasteiger partial charge in [0.05, 0.1) is 17.1 Å². The van der Waals surface area contributed by atoms with Crippen LogP contribution in [-0.4, -0.2) is 29.2 Å². The van der Waals surface area contributed by atoms with Crippen LogP contribution in [-0.2, 0) is 4.74 Å². The maximum atomic E-state index is 14.1. The van der Waals surface area contributed by atoms with Crippen LogP contribution in [0.3, 0.4) is 0 Å². The van der Waals surface area contributed by atoms with Gasteiger partial charge in [-0.05, 0) is 31.9 Å². The van der Waals surface area contributed by atoms with E-state index in [0.29, 0.717) is 35.7 Å². The van der Waals surface area contributed by atoms with Crippen molar-refractivity contribution in [3.8, 4) is 0 Å². The lowest BCUT2D eigenvalue weighted by Crippen LogP contribution is -2.28. The number of H-pyrrole nitrogens is 1. The lowest BCUT2D eigenvalue weighted by molar-refractivity contribution is 0.110. The van der Waals surface area contributed by atoms with Crippen LogP contribution in [0.15, 0.2) is 12.1 Å². The highest BCUT2D eigenvalue weighted by Gasteiger charge is 2.25. The van der Waals surface area contributed by atoms with Gasteiger partial charge in [0.1, 0.15) is 5.82 Å². The molecule has 0 bridgehead atoms. The molecule has 0 aliphatic carbocycles. The van der Waals surface area contributed by atoms with Crippen LogP contribution in [0.25, 0.3) is 11.0 Å². The number of hydrogen-bond acceptors (Lipinski definition) is 3. The number of carbonyl (C=O) groups excluding carboxylic acids is 1. The van der Waals surface area contributed by atoms with Gasteiger partial charge in [0.2, 0.25) is 5.95 Å². The number of halogens is 1. The van der Waals surface area contributed by atoms with Gasteiger partial charge < -0.3 is 15.0 Å². The highest BCUT2D eigenvalue weighted by molar-refractivity contribution is 5.90. The predicted octanol–water partition coefficient (Wildman–Crippen LogP) is 2.69. The number of benzene rings is 1. The van der Waals surface area contributed by atoms with Crippen LogP contribution in [0.1, 0.15) is 31.4 Å². The number of amides is 2. The number of rotatable bonds is 3. The summed E-state index contributed by atoms with van der Waals surface area (Å²) in [4.78, 5) is 18.8. The highest BCUT2D eigenvalue weighted by Crippen LogP contribution is 2.34. The third-order valence-electron chi connectivity index (χ3n) is 3.46. The Morgan fingerprint density at radius 1 is 1.57 bits per heavy atom. The molecule has 21 heavy (non-hydrogen) atoms. The molecule has 7 heteroatoms. The van der Waals surface area contributed by atoms with E-state index in [0.717, 1.165) is 12.8 Å². The molecule has 3 N–H and O–H groups in total. The highest BCUT2D eigenvalue weighted by atomic mass is 19.1. The lowest BCUT2D eigenvalue weighted by atomic mass is 10.0. The van der Waals surface area contributed by atoms with Crippen molar-refractivity contribution in [3.05, 3.63) is 23.5 Å². The topological polar surface area (TPSA) is 79.0 Å². The van der Waals surface area contributed by atoms with Crippen molar-refractivity contribution in [2.75, 3.05) is 18.5 Å². The first-order valence-corrected chi connectivity index (χ1v) is 7.03. The second-order valence-electron chi connectivity index (χ2n) is 4.93. The van der Waals surface area contributed by atoms with Gasteiger partial charge in [0, 0.05) is 18.7 Å². The summed E-state index contributed by atoms with van der Waals surface area (Å²) in [7, 11) is 0. The Balaban J connectivity index is 1.96. The molecule has 2 amide bonds. The van der Waals surface area contributed by atoms with Crippen LogP contribution >= 0.6 is 0 Å². The smallest absolute Gasteiger partial charge is 0.321 e. The Labute approximate surface area is 121 Å². The summed E-state index contributed by atoms with van der Waals surface area (Å²) in [5.41, 5.74) is 1.65. The fourth-order valence-electron chi connectivity index (χ4n) is 2.56. The quantitative estimate of drug-likeness (QED) is 0.813. The van der Waals surface area contributed by atoms with Gasteiger partial charge in [0.15, 0.2) is 0 Å². The van der Waals surface area contributed by atoms with Crippen molar-refractivity contribution in [2.24, 2.45) is 0 Å². The number of fused-ring (bicyclic) bond motifs is 1. The van der Waals surface area contributed by atoms with Crippen molar-refractivity contribution in [1.29, 1.82) is 0 Å². The summed E-state index contributed by atoms with van der Waals surface area (Å²) in [5.74, 6) is -0.0359. The number of urea groups is 1. The first-order valence-electron chi connectivity index (χ1n) is 7.03. The van der Waals surface area contributed by atoms with E-state index in [2.05, 4.69) is 20.6 Å². The summed E-state index contributed by atoms with van der Waals surface area (Å²) in [6.07, 6.45) is 1.42. The minimum Gasteiger partial charge on any atom is -0.373 e. The molecule has 0 spiro atoms. The van der Waals surface area contributed by atoms with E-state index in [1.54, 1.807) is 6.07 Å². The van der Waals surface area contributed by atoms with Crippen molar-refractivity contribution in [1.82, 2.24) is 15.3 Å². The summed E-state index contributed by atoms with van der Waals surface area (Å²) >= 11 is 0. The minimum absolute atomic E-state index is 0.269. The maximum Gasteiger partial charge on any atom is 0.321 e. The number of hydrogen-bond donors (Lipinski definition) is 3. The number of nitrogens with zero attached hydrogens (tertiary/aromatic N) is 1. The van der Waals surface area contributed by atoms with Gasteiger partial charge in [-0.2, -0.15) is 0 Å². The average molecular weight is 292 g/mol. The number of ether oxygens (including phenoxy) is 1. The second-order valence-corrected chi connectivity index (χ2v) is 4.93. The number of carbonyl (C=O) groups is 1. The first-order chi connectivity index (χ1) is 10.2. The number of aromatic nitrogens is 2. The zero-order valence-corrected chi connectivity index (χ0v) is 11.7. The molecule has 1 aromatic heterocycles. The maximum absolute atomic E-state index is 14.1. The number of anilines is 1. The van der Waals surface area contributed by atoms with Crippen LogP contribution in [0.2, 0.25) is 0 Å². The van der Waals surface area contributed by atoms with Gasteiger partial charge in [-0.25, -0.2) is 14.2 Å². The van der Waals surface area contributed by atoms with Crippen LogP contribution in [0, 0.1) is 5.82 Å². The van der Waals surface area contributed by atoms with Crippen LogP contribution < -0.4 is 10.6 Å². The largest absolute Gasteiger partial charge is 0.373 e. The molecule has 3 rings (SSSR count). The molecule has 1 aliphatic rings. The van der Waals surface area contributed by atoms with E-state index in [9.17, 15) is 9.18 Å². The molecule has 2 heterocycles. The van der Waals surface area contributed by atoms with Gasteiger partial charge in [0.25, 0.3) is 0 Å². The number of nitrogens with one attached hydrogen (secondary N) is 3. The fourth-order valence-corrected chi connectivity index (χ4v) is 2.56. The van der Waals surface area contributed by atoms with Gasteiger partial charge >= 0.3 is 6.03 Å². The lowest BCUT2D eigenvalue weighted by Gasteiger charge is -2.11. The molecule has 2 aromatic rings. The Kier molecular flexibility index (Phi) is 3.74. The zero-order valence-electron chi connectivity index (χ0n) is 11.7. The van der Waals surface area contributed by atoms with E-state index < -0.39 is 0 Å². The Morgan fingerprint density at radius 2 is 2.43 bits per heavy atom. The second kappa shape index (κ2) is 5.69. The molecule has 6 nitrogen and oxygen atoms in total. The minimum atomic E-state index is -0.351. The Hall–Kier alpha value is -2.15. The number of imidazole rings is 1. The predicted molar refractivity (Wildman–Crippen MR) is 76.7 cm³/mol. The molecule has 1 fully saturated rings. The molecule has 1 unspecified atom stereocenters. The van der Waals surface area contributed by atoms with E-state index in [1.165, 1.54) is 6.07 Å². The Bertz CT molecular complexity index is 664. The molecule has 1 aromatic carbocycles. The van der Waals surface area contributed by atoms with Gasteiger partial charge in [-0.3, -0.25) is 5.32 Å². The van der Waals surface area contributed by atoms with Crippen LogP contribution in [0.4, 0.5) is 15.1 Å². The van der Waals surface area contributed by atoms with Crippen molar-refractivity contribution in [2.45, 2.75) is 25.9 Å². The summed E-state index contributed by atoms with van der Waals surface area (Å²) in [5, 5.41) is 5.20. The van der Waals surface area contributed by atoms with Crippen molar-refractivity contribution in [3.63, 3.8) is 0 Å². The SMILES string of the molecule is CCNC(=O)Nc1nc2c(C3CCCO3)c(F)ccc2[nH]1. The van der Waals surface area contributed by atoms with Crippen molar-refractivity contribution < 1.29 is 13.9 Å². The average Bonchev–Trinajstić information content (AvgIpc) is 3.07. The fraction of sp³-hybridized carbons (Fsp3) is 0.429. The summed E-state index contributed by atoms with van der Waals surface area (Å²) in [6, 6.07) is 2.66. The molecular formula is C14H17FN4O2. The molecule has 0 saturated carbocycles. The molecule has 1 atom stereocenters. The molecule has 1 saturated heterocycles. The van der Waals surface area contributed by atoms with Crippen molar-refractivity contribution >= 4 is 23.0 Å². The Morgan fingerprint density at radius 3 is 3.14 bits per heavy atom. The first kappa shape index (κ1) is 13.8. The van der Waals surface area contributed by atoms with Gasteiger partial charge in [-0.15, -0.1) is 0 Å². The van der Waals surface area contributed by atoms with E-state index in [1.807, 2.05) is 6.92 Å². The molecule has 1 aliphatic heterocycles. The molecular weight excluding hydrogens is 275 g/mol. The van der Waals surface area contributed by atoms with E-state index >= 15 is 0 Å². The summed E-state index contributed by atoms with van der Waals surface area (Å²) in [6.45, 7) is 2.97. The van der Waals surface area contributed by atoms with E-state index in [4.69, 9.17) is 4.74 Å². The standard InChI is InChI=1S/C14H17FN4O2/c1-2-16-14(20)19-13-17-9-6-5-8(15)11(12(9)18-13)10-4-3-7-21-10/h5-6,10H,2-4,7H2,1H3,(H3,16,17,18,19,20). The number of aromatic amines is 1. The molecule has 0 radical (unpaired) electrons. The van der Waals surface area contributed by atoms with Gasteiger partial charge in [-0.1, -0.05) is 0 Å². The summed E-state index contributed by atoms with van der Waals surface area (Å²) < 4.78 is 19.7.